The molecule has 0 spiro atoms. The van der Waals surface area contributed by atoms with Crippen LogP contribution in [0.25, 0.3) is 0 Å². The number of rotatable bonds is 0. The number of aliphatic hydroxyl groups is 2. The van der Waals surface area contributed by atoms with Crippen LogP contribution in [0.1, 0.15) is 113 Å². The van der Waals surface area contributed by atoms with E-state index in [0.29, 0.717) is 28.6 Å². The van der Waals surface area contributed by atoms with Crippen LogP contribution < -0.4 is 0 Å². The second kappa shape index (κ2) is 6.66. The molecule has 5 rings (SSSR count). The maximum absolute atomic E-state index is 10.9. The Bertz CT molecular complexity index is 825. The molecule has 0 saturated heterocycles. The molecular weight excluding hydrogens is 392 g/mol. The summed E-state index contributed by atoms with van der Waals surface area (Å²) in [4.78, 5) is 0. The quantitative estimate of drug-likeness (QED) is 0.391. The van der Waals surface area contributed by atoms with Crippen molar-refractivity contribution in [3.05, 3.63) is 11.6 Å². The summed E-state index contributed by atoms with van der Waals surface area (Å²) in [6.07, 6.45) is 13.0. The lowest BCUT2D eigenvalue weighted by Gasteiger charge is -2.71. The van der Waals surface area contributed by atoms with Crippen LogP contribution in [0.4, 0.5) is 0 Å². The lowest BCUT2D eigenvalue weighted by molar-refractivity contribution is -0.205. The Labute approximate surface area is 197 Å². The highest BCUT2D eigenvalue weighted by molar-refractivity contribution is 5.33. The third-order valence-electron chi connectivity index (χ3n) is 13.2. The first kappa shape index (κ1) is 23.4. The monoisotopic (exact) mass is 442 g/mol. The zero-order valence-corrected chi connectivity index (χ0v) is 22.2. The zero-order chi connectivity index (χ0) is 23.5. The van der Waals surface area contributed by atoms with Gasteiger partial charge in [0.1, 0.15) is 0 Å². The highest BCUT2D eigenvalue weighted by Crippen LogP contribution is 2.75. The van der Waals surface area contributed by atoms with Gasteiger partial charge >= 0.3 is 0 Å². The van der Waals surface area contributed by atoms with Gasteiger partial charge in [-0.15, -0.1) is 0 Å². The number of allylic oxidation sites excluding steroid dienone is 2. The van der Waals surface area contributed by atoms with Crippen molar-refractivity contribution < 1.29 is 10.2 Å². The Balaban J connectivity index is 1.57. The topological polar surface area (TPSA) is 40.5 Å². The molecule has 0 aromatic carbocycles. The lowest BCUT2D eigenvalue weighted by Crippen LogP contribution is -2.64. The summed E-state index contributed by atoms with van der Waals surface area (Å²) in [6, 6.07) is 0. The summed E-state index contributed by atoms with van der Waals surface area (Å²) in [5.74, 6) is 1.95. The second-order valence-electron chi connectivity index (χ2n) is 15.3. The molecule has 2 N–H and O–H groups in total. The summed E-state index contributed by atoms with van der Waals surface area (Å²) >= 11 is 0. The minimum Gasteiger partial charge on any atom is -0.393 e. The molecule has 3 unspecified atom stereocenters. The second-order valence-corrected chi connectivity index (χ2v) is 15.3. The molecule has 4 fully saturated rings. The Morgan fingerprint density at radius 2 is 1.44 bits per heavy atom. The zero-order valence-electron chi connectivity index (χ0n) is 22.2. The molecule has 5 aliphatic carbocycles. The van der Waals surface area contributed by atoms with Crippen LogP contribution in [0.15, 0.2) is 11.6 Å². The summed E-state index contributed by atoms with van der Waals surface area (Å²) < 4.78 is 0. The van der Waals surface area contributed by atoms with E-state index in [1.165, 1.54) is 38.5 Å². The largest absolute Gasteiger partial charge is 0.393 e. The molecule has 0 aromatic heterocycles. The minimum atomic E-state index is -0.175. The Kier molecular flexibility index (Phi) is 4.87. The standard InChI is InChI=1S/C30H50O2/c1-25(2)17-20-19-9-10-22-28(6)13-12-23(31)26(3,4)21(28)11-14-30(22,8)29(19,7)16-15-27(20,5)18-24(25)32/h9,20-24,31-32H,10-18H2,1-8H3/t20?,21?,22?,23-,24-,27-,28-,29+,30+/m0/s1. The summed E-state index contributed by atoms with van der Waals surface area (Å²) in [5.41, 5.74) is 2.98. The van der Waals surface area contributed by atoms with E-state index >= 15 is 0 Å². The molecule has 0 amide bonds. The fourth-order valence-corrected chi connectivity index (χ4v) is 10.6. The van der Waals surface area contributed by atoms with Crippen molar-refractivity contribution in [1.29, 1.82) is 0 Å². The molecule has 32 heavy (non-hydrogen) atoms. The van der Waals surface area contributed by atoms with E-state index in [1.54, 1.807) is 5.57 Å². The lowest BCUT2D eigenvalue weighted by atomic mass is 9.33. The SMILES string of the molecule is CC1(C)CC2C3=CCC4[C@@]5(C)CC[C@H](O)C(C)(C)C5CC[C@@]4(C)[C@]3(C)CC[C@@]2(C)C[C@@H]1O. The third-order valence-corrected chi connectivity index (χ3v) is 13.2. The number of hydrogen-bond donors (Lipinski definition) is 2. The molecule has 0 heterocycles. The van der Waals surface area contributed by atoms with E-state index in [9.17, 15) is 10.2 Å². The first-order valence-electron chi connectivity index (χ1n) is 13.7. The summed E-state index contributed by atoms with van der Waals surface area (Å²) in [6.45, 7) is 19.6. The molecule has 9 atom stereocenters. The van der Waals surface area contributed by atoms with Crippen LogP contribution in [0.3, 0.4) is 0 Å². The van der Waals surface area contributed by atoms with Crippen LogP contribution >= 0.6 is 0 Å². The van der Waals surface area contributed by atoms with Crippen LogP contribution in [-0.2, 0) is 0 Å². The molecular formula is C30H50O2. The highest BCUT2D eigenvalue weighted by atomic mass is 16.3. The van der Waals surface area contributed by atoms with Gasteiger partial charge in [0.25, 0.3) is 0 Å². The van der Waals surface area contributed by atoms with Crippen molar-refractivity contribution >= 4 is 0 Å². The van der Waals surface area contributed by atoms with Gasteiger partial charge in [-0.25, -0.2) is 0 Å². The molecule has 0 bridgehead atoms. The van der Waals surface area contributed by atoms with Crippen molar-refractivity contribution in [3.63, 3.8) is 0 Å². The smallest absolute Gasteiger partial charge is 0.0596 e. The van der Waals surface area contributed by atoms with Crippen LogP contribution in [0.2, 0.25) is 0 Å². The molecule has 2 nitrogen and oxygen atoms in total. The van der Waals surface area contributed by atoms with Gasteiger partial charge in [0.05, 0.1) is 12.2 Å². The average Bonchev–Trinajstić information content (AvgIpc) is 2.68. The first-order chi connectivity index (χ1) is 14.6. The average molecular weight is 443 g/mol. The molecule has 0 radical (unpaired) electrons. The maximum Gasteiger partial charge on any atom is 0.0596 e. The van der Waals surface area contributed by atoms with E-state index in [2.05, 4.69) is 61.5 Å². The van der Waals surface area contributed by atoms with Gasteiger partial charge in [-0.3, -0.25) is 0 Å². The van der Waals surface area contributed by atoms with Crippen LogP contribution in [0, 0.1) is 50.2 Å². The number of aliphatic hydroxyl groups excluding tert-OH is 2. The van der Waals surface area contributed by atoms with Gasteiger partial charge in [0, 0.05) is 0 Å². The van der Waals surface area contributed by atoms with Gasteiger partial charge in [-0.05, 0) is 108 Å². The van der Waals surface area contributed by atoms with E-state index in [1.807, 2.05) is 0 Å². The van der Waals surface area contributed by atoms with Crippen molar-refractivity contribution in [2.24, 2.45) is 50.2 Å². The fourth-order valence-electron chi connectivity index (χ4n) is 10.6. The molecule has 4 saturated carbocycles. The third kappa shape index (κ3) is 2.72. The Morgan fingerprint density at radius 1 is 0.750 bits per heavy atom. The van der Waals surface area contributed by atoms with Gasteiger partial charge in [0.15, 0.2) is 0 Å². The Hall–Kier alpha value is -0.340. The first-order valence-corrected chi connectivity index (χ1v) is 13.7. The van der Waals surface area contributed by atoms with Crippen molar-refractivity contribution in [3.8, 4) is 0 Å². The van der Waals surface area contributed by atoms with E-state index in [-0.39, 0.29) is 33.9 Å². The van der Waals surface area contributed by atoms with Gasteiger partial charge in [-0.2, -0.15) is 0 Å². The fraction of sp³-hybridized carbons (Fsp3) is 0.933. The molecule has 0 aliphatic heterocycles. The molecule has 182 valence electrons. The Morgan fingerprint density at radius 3 is 2.12 bits per heavy atom. The molecule has 5 aliphatic rings. The normalized spacial score (nSPS) is 56.2. The summed E-state index contributed by atoms with van der Waals surface area (Å²) in [7, 11) is 0. The summed E-state index contributed by atoms with van der Waals surface area (Å²) in [5, 5.41) is 21.8. The van der Waals surface area contributed by atoms with Gasteiger partial charge in [0.2, 0.25) is 0 Å². The minimum absolute atomic E-state index is 0.00813. The van der Waals surface area contributed by atoms with Crippen LogP contribution in [-0.4, -0.2) is 22.4 Å². The number of fused-ring (bicyclic) bond motifs is 7. The molecule has 2 heteroatoms. The maximum atomic E-state index is 10.9. The van der Waals surface area contributed by atoms with Crippen molar-refractivity contribution in [2.45, 2.75) is 125 Å². The van der Waals surface area contributed by atoms with Crippen LogP contribution in [0.5, 0.6) is 0 Å². The predicted octanol–water partition coefficient (Wildman–Crippen LogP) is 7.14. The van der Waals surface area contributed by atoms with Gasteiger partial charge in [-0.1, -0.05) is 67.0 Å². The van der Waals surface area contributed by atoms with E-state index < -0.39 is 0 Å². The van der Waals surface area contributed by atoms with E-state index in [0.717, 1.165) is 19.3 Å². The van der Waals surface area contributed by atoms with Crippen molar-refractivity contribution in [1.82, 2.24) is 0 Å². The highest BCUT2D eigenvalue weighted by Gasteiger charge is 2.68. The number of hydrogen-bond acceptors (Lipinski definition) is 2. The van der Waals surface area contributed by atoms with E-state index in [4.69, 9.17) is 0 Å². The van der Waals surface area contributed by atoms with Crippen molar-refractivity contribution in [2.75, 3.05) is 0 Å². The predicted molar refractivity (Wildman–Crippen MR) is 132 cm³/mol. The molecule has 0 aromatic rings. The van der Waals surface area contributed by atoms with Gasteiger partial charge < -0.3 is 10.2 Å².